The number of hydrogen-bond donors (Lipinski definition) is 1. The van der Waals surface area contributed by atoms with E-state index in [2.05, 4.69) is 4.98 Å². The monoisotopic (exact) mass is 262 g/mol. The molecule has 0 aliphatic heterocycles. The summed E-state index contributed by atoms with van der Waals surface area (Å²) in [5.74, 6) is 0.722. The maximum Gasteiger partial charge on any atom is 0.329 e. The van der Waals surface area contributed by atoms with Gasteiger partial charge in [0.2, 0.25) is 0 Å². The van der Waals surface area contributed by atoms with Gasteiger partial charge in [0.1, 0.15) is 5.15 Å². The lowest BCUT2D eigenvalue weighted by atomic mass is 10.1. The van der Waals surface area contributed by atoms with Crippen LogP contribution in [0.5, 0.6) is 0 Å². The van der Waals surface area contributed by atoms with E-state index in [1.165, 1.54) is 4.57 Å². The van der Waals surface area contributed by atoms with Gasteiger partial charge < -0.3 is 0 Å². The molecule has 1 rings (SSSR count). The van der Waals surface area contributed by atoms with Crippen molar-refractivity contribution in [3.05, 3.63) is 31.6 Å². The van der Waals surface area contributed by atoms with Gasteiger partial charge in [0, 0.05) is 12.3 Å². The molecule has 1 aromatic heterocycles. The summed E-state index contributed by atoms with van der Waals surface area (Å²) in [5.41, 5.74) is -0.242. The summed E-state index contributed by atoms with van der Waals surface area (Å²) in [6, 6.07) is 0. The van der Waals surface area contributed by atoms with Crippen molar-refractivity contribution in [2.45, 2.75) is 26.3 Å². The number of H-pyrrole nitrogens is 1. The van der Waals surface area contributed by atoms with E-state index in [1.807, 2.05) is 20.1 Å². The van der Waals surface area contributed by atoms with Crippen molar-refractivity contribution >= 4 is 23.4 Å². The van der Waals surface area contributed by atoms with E-state index in [0.717, 1.165) is 5.75 Å². The minimum Gasteiger partial charge on any atom is -0.297 e. The van der Waals surface area contributed by atoms with E-state index in [9.17, 15) is 9.59 Å². The van der Waals surface area contributed by atoms with E-state index >= 15 is 0 Å². The molecular formula is C10H15ClN2O2S. The molecule has 0 radical (unpaired) electrons. The van der Waals surface area contributed by atoms with Crippen molar-refractivity contribution in [3.63, 3.8) is 0 Å². The van der Waals surface area contributed by atoms with E-state index in [0.29, 0.717) is 12.1 Å². The van der Waals surface area contributed by atoms with Gasteiger partial charge in [-0.05, 0) is 12.2 Å². The first kappa shape index (κ1) is 13.4. The van der Waals surface area contributed by atoms with Gasteiger partial charge in [0.05, 0.1) is 5.56 Å². The average Bonchev–Trinajstić information content (AvgIpc) is 2.16. The van der Waals surface area contributed by atoms with Gasteiger partial charge in [-0.2, -0.15) is 11.8 Å². The summed E-state index contributed by atoms with van der Waals surface area (Å²) >= 11 is 7.45. The van der Waals surface area contributed by atoms with Crippen LogP contribution in [0, 0.1) is 0 Å². The first-order valence-corrected chi connectivity index (χ1v) is 6.77. The highest BCUT2D eigenvalue weighted by molar-refractivity contribution is 7.98. The molecule has 90 valence electrons. The molecular weight excluding hydrogens is 248 g/mol. The second-order valence-corrected chi connectivity index (χ2v) is 5.13. The largest absolute Gasteiger partial charge is 0.329 e. The Morgan fingerprint density at radius 1 is 1.44 bits per heavy atom. The minimum absolute atomic E-state index is 0.00243. The number of aromatic nitrogens is 2. The zero-order valence-corrected chi connectivity index (χ0v) is 11.1. The van der Waals surface area contributed by atoms with Gasteiger partial charge in [0.25, 0.3) is 5.56 Å². The SMILES string of the molecule is CSCCn1c(=O)[nH]c(Cl)c(C(C)C)c1=O. The van der Waals surface area contributed by atoms with Crippen molar-refractivity contribution in [1.82, 2.24) is 9.55 Å². The maximum absolute atomic E-state index is 12.0. The van der Waals surface area contributed by atoms with Crippen LogP contribution in [0.15, 0.2) is 9.59 Å². The third-order valence-corrected chi connectivity index (χ3v) is 3.16. The first-order valence-electron chi connectivity index (χ1n) is 5.00. The van der Waals surface area contributed by atoms with Crippen LogP contribution in [0.4, 0.5) is 0 Å². The number of nitrogens with one attached hydrogen (secondary N) is 1. The molecule has 16 heavy (non-hydrogen) atoms. The van der Waals surface area contributed by atoms with Gasteiger partial charge >= 0.3 is 5.69 Å². The fourth-order valence-corrected chi connectivity index (χ4v) is 2.19. The molecule has 0 fully saturated rings. The first-order chi connectivity index (χ1) is 7.49. The summed E-state index contributed by atoms with van der Waals surface area (Å²) in [5, 5.41) is 0.158. The third kappa shape index (κ3) is 2.71. The van der Waals surface area contributed by atoms with Crippen LogP contribution in [0.3, 0.4) is 0 Å². The van der Waals surface area contributed by atoms with E-state index < -0.39 is 5.69 Å². The van der Waals surface area contributed by atoms with E-state index in [-0.39, 0.29) is 16.6 Å². The Morgan fingerprint density at radius 3 is 2.56 bits per heavy atom. The number of aromatic amines is 1. The topological polar surface area (TPSA) is 54.9 Å². The van der Waals surface area contributed by atoms with Gasteiger partial charge in [-0.15, -0.1) is 0 Å². The molecule has 1 heterocycles. The molecule has 6 heteroatoms. The van der Waals surface area contributed by atoms with Gasteiger partial charge in [-0.25, -0.2) is 4.79 Å². The fraction of sp³-hybridized carbons (Fsp3) is 0.600. The van der Waals surface area contributed by atoms with E-state index in [1.54, 1.807) is 11.8 Å². The standard InChI is InChI=1S/C10H15ClN2O2S/c1-6(2)7-8(11)12-10(15)13(9(7)14)4-5-16-3/h6H,4-5H2,1-3H3,(H,12,15). The second-order valence-electron chi connectivity index (χ2n) is 3.76. The normalized spacial score (nSPS) is 11.1. The lowest BCUT2D eigenvalue weighted by Gasteiger charge is -2.10. The Bertz CT molecular complexity index is 479. The molecule has 1 N–H and O–H groups in total. The molecule has 4 nitrogen and oxygen atoms in total. The van der Waals surface area contributed by atoms with Crippen LogP contribution >= 0.6 is 23.4 Å². The molecule has 1 aromatic rings. The lowest BCUT2D eigenvalue weighted by molar-refractivity contribution is 0.654. The Hall–Kier alpha value is -0.680. The predicted octanol–water partition coefficient (Wildman–Crippen LogP) is 1.68. The molecule has 0 spiro atoms. The van der Waals surface area contributed by atoms with Crippen LogP contribution in [0.25, 0.3) is 0 Å². The van der Waals surface area contributed by atoms with Crippen LogP contribution in [0.2, 0.25) is 5.15 Å². The third-order valence-electron chi connectivity index (χ3n) is 2.27. The lowest BCUT2D eigenvalue weighted by Crippen LogP contribution is -2.38. The Balaban J connectivity index is 3.34. The van der Waals surface area contributed by atoms with Gasteiger partial charge in [-0.1, -0.05) is 25.4 Å². The average molecular weight is 263 g/mol. The van der Waals surface area contributed by atoms with Crippen LogP contribution in [0.1, 0.15) is 25.3 Å². The fourth-order valence-electron chi connectivity index (χ4n) is 1.45. The smallest absolute Gasteiger partial charge is 0.297 e. The zero-order valence-electron chi connectivity index (χ0n) is 9.54. The summed E-state index contributed by atoms with van der Waals surface area (Å²) < 4.78 is 1.21. The van der Waals surface area contributed by atoms with Crippen LogP contribution in [-0.2, 0) is 6.54 Å². The highest BCUT2D eigenvalue weighted by Gasteiger charge is 2.15. The Labute approximate surface area is 103 Å². The minimum atomic E-state index is -0.437. The van der Waals surface area contributed by atoms with Gasteiger partial charge in [-0.3, -0.25) is 14.3 Å². The number of rotatable bonds is 4. The Morgan fingerprint density at radius 2 is 2.06 bits per heavy atom. The molecule has 0 amide bonds. The van der Waals surface area contributed by atoms with Crippen LogP contribution < -0.4 is 11.2 Å². The predicted molar refractivity (Wildman–Crippen MR) is 68.8 cm³/mol. The molecule has 0 saturated heterocycles. The highest BCUT2D eigenvalue weighted by atomic mass is 35.5. The molecule has 0 aliphatic rings. The quantitative estimate of drug-likeness (QED) is 0.840. The summed E-state index contributed by atoms with van der Waals surface area (Å²) in [7, 11) is 0. The van der Waals surface area contributed by atoms with E-state index in [4.69, 9.17) is 11.6 Å². The molecule has 0 aromatic carbocycles. The Kier molecular flexibility index (Phi) is 4.68. The van der Waals surface area contributed by atoms with Crippen molar-refractivity contribution in [1.29, 1.82) is 0 Å². The molecule has 0 unspecified atom stereocenters. The zero-order chi connectivity index (χ0) is 12.3. The summed E-state index contributed by atoms with van der Waals surface area (Å²) in [6.07, 6.45) is 1.93. The van der Waals surface area contributed by atoms with Crippen molar-refractivity contribution in [2.24, 2.45) is 0 Å². The second kappa shape index (κ2) is 5.59. The number of halogens is 1. The molecule has 0 atom stereocenters. The molecule has 0 bridgehead atoms. The van der Waals surface area contributed by atoms with Crippen molar-refractivity contribution in [2.75, 3.05) is 12.0 Å². The summed E-state index contributed by atoms with van der Waals surface area (Å²) in [4.78, 5) is 26.1. The van der Waals surface area contributed by atoms with Crippen molar-refractivity contribution in [3.8, 4) is 0 Å². The van der Waals surface area contributed by atoms with Crippen molar-refractivity contribution < 1.29 is 0 Å². The molecule has 0 saturated carbocycles. The number of thioether (sulfide) groups is 1. The molecule has 0 aliphatic carbocycles. The van der Waals surface area contributed by atoms with Gasteiger partial charge in [0.15, 0.2) is 0 Å². The highest BCUT2D eigenvalue weighted by Crippen LogP contribution is 2.16. The number of nitrogens with zero attached hydrogens (tertiary/aromatic N) is 1. The summed E-state index contributed by atoms with van der Waals surface area (Å²) in [6.45, 7) is 4.16. The maximum atomic E-state index is 12.0. The van der Waals surface area contributed by atoms with Crippen LogP contribution in [-0.4, -0.2) is 21.6 Å². The number of hydrogen-bond acceptors (Lipinski definition) is 3.